The minimum atomic E-state index is -4.36. The summed E-state index contributed by atoms with van der Waals surface area (Å²) in [5, 5.41) is 34.2. The second-order valence-electron chi connectivity index (χ2n) is 9.25. The van der Waals surface area contributed by atoms with Gasteiger partial charge in [-0.15, -0.1) is 15.3 Å². The molecule has 0 aliphatic rings. The molecule has 19 heteroatoms. The highest BCUT2D eigenvalue weighted by Gasteiger charge is 2.17. The monoisotopic (exact) mass is 636 g/mol. The number of hydrogen-bond donors (Lipinski definition) is 3. The van der Waals surface area contributed by atoms with E-state index in [0.29, 0.717) is 45.4 Å². The van der Waals surface area contributed by atoms with Crippen LogP contribution in [-0.2, 0) is 26.8 Å². The fourth-order valence-electron chi connectivity index (χ4n) is 4.14. The highest BCUT2D eigenvalue weighted by molar-refractivity contribution is 7.86. The molecule has 4 aromatic heterocycles. The zero-order chi connectivity index (χ0) is 31.1. The van der Waals surface area contributed by atoms with Crippen LogP contribution in [0.1, 0.15) is 0 Å². The lowest BCUT2D eigenvalue weighted by Gasteiger charge is -2.05. The number of aromatic nitrogens is 10. The molecule has 0 spiro atoms. The topological polar surface area (TPSA) is 234 Å². The van der Waals surface area contributed by atoms with Gasteiger partial charge < -0.3 is 5.11 Å². The molecule has 2 aromatic carbocycles. The lowest BCUT2D eigenvalue weighted by atomic mass is 10.1. The maximum absolute atomic E-state index is 11.4. The Hall–Kier alpha value is -5.21. The first kappa shape index (κ1) is 28.9. The molecule has 0 atom stereocenters. The van der Waals surface area contributed by atoms with E-state index in [1.165, 1.54) is 62.6 Å². The molecule has 0 saturated carbocycles. The molecule has 17 nitrogen and oxygen atoms in total. The normalized spacial score (nSPS) is 12.1. The second-order valence-corrected chi connectivity index (χ2v) is 12.1. The average Bonchev–Trinajstić information content (AvgIpc) is 3.78. The van der Waals surface area contributed by atoms with Gasteiger partial charge >= 0.3 is 0 Å². The predicted octanol–water partition coefficient (Wildman–Crippen LogP) is 1.32. The SMILES string of the molecule is O=S(=O)(O)c1ccc(-n2cc(-c3cc(-c4cn(CCO)nn4)cc(-c4cn(-c5ccc(S(=O)(=O)O)cc5)nn4)n3)nn2)cc1. The first-order valence-electron chi connectivity index (χ1n) is 12.5. The second kappa shape index (κ2) is 11.1. The van der Waals surface area contributed by atoms with Gasteiger partial charge in [0.25, 0.3) is 20.2 Å². The fourth-order valence-corrected chi connectivity index (χ4v) is 5.10. The molecule has 0 amide bonds. The molecule has 0 radical (unpaired) electrons. The largest absolute Gasteiger partial charge is 0.394 e. The summed E-state index contributed by atoms with van der Waals surface area (Å²) in [6.45, 7) is 0.117. The van der Waals surface area contributed by atoms with E-state index in [1.54, 1.807) is 30.7 Å². The highest BCUT2D eigenvalue weighted by Crippen LogP contribution is 2.28. The third-order valence-corrected chi connectivity index (χ3v) is 8.03. The summed E-state index contributed by atoms with van der Waals surface area (Å²) < 4.78 is 68.3. The van der Waals surface area contributed by atoms with Gasteiger partial charge in [-0.3, -0.25) is 9.11 Å². The standard InChI is InChI=1S/C25H20N10O7S2/c36-10-9-33-13-23(27-30-33)16-11-21(24-14-34(31-28-24)17-1-5-19(6-2-17)43(37,38)39)26-22(12-16)25-15-35(32-29-25)18-3-7-20(8-4-18)44(40,41)42/h1-8,11-15,36H,9-10H2,(H,37,38,39)(H,40,41,42). The van der Waals surface area contributed by atoms with Gasteiger partial charge in [0.2, 0.25) is 0 Å². The van der Waals surface area contributed by atoms with Crippen molar-refractivity contribution < 1.29 is 31.0 Å². The van der Waals surface area contributed by atoms with Crippen molar-refractivity contribution in [3.63, 3.8) is 0 Å². The minimum Gasteiger partial charge on any atom is -0.394 e. The summed E-state index contributed by atoms with van der Waals surface area (Å²) in [5.74, 6) is 0. The molecule has 0 aliphatic heterocycles. The Balaban J connectivity index is 1.39. The Bertz CT molecular complexity index is 2060. The zero-order valence-corrected chi connectivity index (χ0v) is 23.8. The lowest BCUT2D eigenvalue weighted by Crippen LogP contribution is -2.02. The molecule has 3 N–H and O–H groups in total. The van der Waals surface area contributed by atoms with Crippen LogP contribution in [-0.4, -0.2) is 87.6 Å². The van der Waals surface area contributed by atoms with E-state index in [1.807, 2.05) is 0 Å². The molecular weight excluding hydrogens is 616 g/mol. The van der Waals surface area contributed by atoms with Crippen molar-refractivity contribution in [3.05, 3.63) is 79.3 Å². The number of pyridine rings is 1. The third-order valence-electron chi connectivity index (χ3n) is 6.30. The van der Waals surface area contributed by atoms with Crippen LogP contribution in [0.5, 0.6) is 0 Å². The van der Waals surface area contributed by atoms with Gasteiger partial charge in [-0.1, -0.05) is 15.6 Å². The van der Waals surface area contributed by atoms with Crippen molar-refractivity contribution in [2.75, 3.05) is 6.61 Å². The van der Waals surface area contributed by atoms with Crippen molar-refractivity contribution in [2.45, 2.75) is 16.3 Å². The molecule has 4 heterocycles. The van der Waals surface area contributed by atoms with Crippen molar-refractivity contribution in [1.82, 2.24) is 50.0 Å². The van der Waals surface area contributed by atoms with Gasteiger partial charge in [-0.2, -0.15) is 16.8 Å². The lowest BCUT2D eigenvalue weighted by molar-refractivity contribution is 0.268. The molecule has 224 valence electrons. The van der Waals surface area contributed by atoms with Crippen LogP contribution in [0.2, 0.25) is 0 Å². The van der Waals surface area contributed by atoms with Crippen LogP contribution < -0.4 is 0 Å². The number of benzene rings is 2. The zero-order valence-electron chi connectivity index (χ0n) is 22.2. The van der Waals surface area contributed by atoms with Gasteiger partial charge in [0.1, 0.15) is 17.1 Å². The van der Waals surface area contributed by atoms with E-state index in [0.717, 1.165) is 0 Å². The van der Waals surface area contributed by atoms with Crippen molar-refractivity contribution in [3.8, 4) is 45.4 Å². The number of rotatable bonds is 9. The number of aliphatic hydroxyl groups excluding tert-OH is 1. The first-order valence-corrected chi connectivity index (χ1v) is 15.4. The molecular formula is C25H20N10O7S2. The molecule has 0 saturated heterocycles. The Kier molecular flexibility index (Phi) is 7.31. The summed E-state index contributed by atoms with van der Waals surface area (Å²) in [6.07, 6.45) is 4.81. The summed E-state index contributed by atoms with van der Waals surface area (Å²) in [5.41, 5.74) is 3.47. The molecule has 6 rings (SSSR count). The summed E-state index contributed by atoms with van der Waals surface area (Å²) >= 11 is 0. The van der Waals surface area contributed by atoms with Gasteiger partial charge in [0.15, 0.2) is 0 Å². The number of nitrogens with zero attached hydrogens (tertiary/aromatic N) is 10. The predicted molar refractivity (Wildman–Crippen MR) is 151 cm³/mol. The molecule has 0 fully saturated rings. The molecule has 0 bridgehead atoms. The number of aliphatic hydroxyl groups is 1. The van der Waals surface area contributed by atoms with Crippen molar-refractivity contribution in [2.24, 2.45) is 0 Å². The van der Waals surface area contributed by atoms with Crippen LogP contribution >= 0.6 is 0 Å². The van der Waals surface area contributed by atoms with Gasteiger partial charge in [0.05, 0.1) is 64.3 Å². The average molecular weight is 637 g/mol. The first-order chi connectivity index (χ1) is 21.0. The Morgan fingerprint density at radius 1 is 0.591 bits per heavy atom. The van der Waals surface area contributed by atoms with E-state index in [-0.39, 0.29) is 22.9 Å². The van der Waals surface area contributed by atoms with E-state index >= 15 is 0 Å². The van der Waals surface area contributed by atoms with E-state index < -0.39 is 20.2 Å². The van der Waals surface area contributed by atoms with Gasteiger partial charge in [-0.05, 0) is 60.7 Å². The smallest absolute Gasteiger partial charge is 0.294 e. The van der Waals surface area contributed by atoms with Gasteiger partial charge in [0, 0.05) is 5.56 Å². The Morgan fingerprint density at radius 3 is 1.48 bits per heavy atom. The molecule has 44 heavy (non-hydrogen) atoms. The Morgan fingerprint density at radius 2 is 1.05 bits per heavy atom. The summed E-state index contributed by atoms with van der Waals surface area (Å²) in [6, 6.07) is 14.2. The summed E-state index contributed by atoms with van der Waals surface area (Å²) in [7, 11) is -8.71. The van der Waals surface area contributed by atoms with Crippen LogP contribution in [0.15, 0.2) is 89.0 Å². The molecule has 0 unspecified atom stereocenters. The van der Waals surface area contributed by atoms with Crippen LogP contribution in [0.25, 0.3) is 45.4 Å². The third kappa shape index (κ3) is 5.98. The van der Waals surface area contributed by atoms with Gasteiger partial charge in [-0.25, -0.2) is 19.0 Å². The molecule has 6 aromatic rings. The van der Waals surface area contributed by atoms with Crippen molar-refractivity contribution in [1.29, 1.82) is 0 Å². The number of hydrogen-bond acceptors (Lipinski definition) is 12. The maximum atomic E-state index is 11.4. The van der Waals surface area contributed by atoms with Crippen LogP contribution in [0.4, 0.5) is 0 Å². The molecule has 0 aliphatic carbocycles. The maximum Gasteiger partial charge on any atom is 0.294 e. The summed E-state index contributed by atoms with van der Waals surface area (Å²) in [4.78, 5) is 4.17. The fraction of sp³-hybridized carbons (Fsp3) is 0.0800. The van der Waals surface area contributed by atoms with Crippen LogP contribution in [0.3, 0.4) is 0 Å². The highest BCUT2D eigenvalue weighted by atomic mass is 32.2. The van der Waals surface area contributed by atoms with Crippen molar-refractivity contribution >= 4 is 20.2 Å². The van der Waals surface area contributed by atoms with E-state index in [2.05, 4.69) is 30.9 Å². The van der Waals surface area contributed by atoms with Crippen LogP contribution in [0, 0.1) is 0 Å². The van der Waals surface area contributed by atoms with E-state index in [4.69, 9.17) is 4.98 Å². The minimum absolute atomic E-state index is 0.127. The Labute approximate surface area is 248 Å². The quantitative estimate of drug-likeness (QED) is 0.190. The van der Waals surface area contributed by atoms with E-state index in [9.17, 15) is 31.0 Å².